The Hall–Kier alpha value is -1.82. The Morgan fingerprint density at radius 1 is 1.41 bits per heavy atom. The molecule has 1 fully saturated rings. The summed E-state index contributed by atoms with van der Waals surface area (Å²) in [5.41, 5.74) is -0.446. The van der Waals surface area contributed by atoms with Gasteiger partial charge in [-0.1, -0.05) is 5.16 Å². The van der Waals surface area contributed by atoms with Gasteiger partial charge >= 0.3 is 35.5 Å². The molecule has 0 unspecified atom stereocenters. The first-order chi connectivity index (χ1) is 14.5. The van der Waals surface area contributed by atoms with Gasteiger partial charge in [-0.2, -0.15) is 0 Å². The van der Waals surface area contributed by atoms with Crippen molar-refractivity contribution in [2.24, 2.45) is 5.16 Å². The number of carbonyl (C=O) groups is 4. The van der Waals surface area contributed by atoms with E-state index in [1.165, 1.54) is 5.38 Å². The van der Waals surface area contributed by atoms with Crippen LogP contribution in [0, 0.1) is 0 Å². The van der Waals surface area contributed by atoms with Crippen LogP contribution in [0.25, 0.3) is 0 Å². The maximum atomic E-state index is 12.6. The molecule has 0 saturated carbocycles. The predicted octanol–water partition coefficient (Wildman–Crippen LogP) is -4.61. The number of hydrogen-bond donors (Lipinski definition) is 2. The maximum absolute atomic E-state index is 12.6. The van der Waals surface area contributed by atoms with Crippen molar-refractivity contribution >= 4 is 67.8 Å². The number of anilines is 1. The smallest absolute Gasteiger partial charge is 0.731 e. The van der Waals surface area contributed by atoms with Gasteiger partial charge in [-0.25, -0.2) is 17.7 Å². The molecule has 0 aliphatic carbocycles. The number of carbonyl (C=O) groups excluding carboxylic acids is 4. The van der Waals surface area contributed by atoms with E-state index in [1.807, 2.05) is 0 Å². The van der Waals surface area contributed by atoms with Crippen LogP contribution in [-0.4, -0.2) is 83.3 Å². The van der Waals surface area contributed by atoms with Crippen molar-refractivity contribution in [3.8, 4) is 0 Å². The average Bonchev–Trinajstić information content (AvgIpc) is 3.13. The number of rotatable bonds is 9. The zero-order valence-corrected chi connectivity index (χ0v) is 21.2. The molecule has 1 aliphatic rings. The molecule has 1 saturated heterocycles. The first-order valence-corrected chi connectivity index (χ1v) is 10.9. The van der Waals surface area contributed by atoms with Gasteiger partial charge in [0.15, 0.2) is 21.1 Å². The standard InChI is InChI=1S/C14H16ClN5O9S2.Na/c1-6(21)29-4-8-11(13(24)20(8)31(25,26)27)18-12(23)10(19-28-2)7-5-30-14(16-7)17-9(22)3-15;/h5,8,11H,3-4H2,1-2H3,(H,18,23)(H,16,17,22)(H,25,26,27);/q;+1/p-1/t8-,11+;/m0./s1. The molecule has 32 heavy (non-hydrogen) atoms. The minimum absolute atomic E-state index is 0. The van der Waals surface area contributed by atoms with Crippen LogP contribution in [0.1, 0.15) is 12.6 Å². The van der Waals surface area contributed by atoms with Crippen LogP contribution in [0.4, 0.5) is 5.13 Å². The third kappa shape index (κ3) is 6.84. The van der Waals surface area contributed by atoms with Crippen LogP contribution in [0.15, 0.2) is 10.5 Å². The van der Waals surface area contributed by atoms with Gasteiger partial charge < -0.3 is 24.8 Å². The summed E-state index contributed by atoms with van der Waals surface area (Å²) in [5.74, 6) is -3.86. The van der Waals surface area contributed by atoms with Crippen molar-refractivity contribution in [1.29, 1.82) is 0 Å². The maximum Gasteiger partial charge on any atom is 1.00 e. The van der Waals surface area contributed by atoms with E-state index in [1.54, 1.807) is 0 Å². The summed E-state index contributed by atoms with van der Waals surface area (Å²) in [6, 6.07) is -2.94. The van der Waals surface area contributed by atoms with E-state index >= 15 is 0 Å². The molecule has 1 aromatic heterocycles. The number of aromatic nitrogens is 1. The molecule has 0 aromatic carbocycles. The number of alkyl halides is 1. The number of thiazole rings is 1. The van der Waals surface area contributed by atoms with Crippen molar-refractivity contribution in [1.82, 2.24) is 14.6 Å². The number of oxime groups is 1. The van der Waals surface area contributed by atoms with Crippen LogP contribution >= 0.6 is 22.9 Å². The normalized spacial score (nSPS) is 18.2. The Bertz CT molecular complexity index is 1030. The van der Waals surface area contributed by atoms with E-state index in [2.05, 4.69) is 30.3 Å². The summed E-state index contributed by atoms with van der Waals surface area (Å²) in [6.07, 6.45) is 0. The molecule has 2 atom stereocenters. The van der Waals surface area contributed by atoms with Crippen LogP contribution in [-0.2, 0) is 39.1 Å². The summed E-state index contributed by atoms with van der Waals surface area (Å²) in [5, 5.41) is 9.57. The van der Waals surface area contributed by atoms with E-state index in [9.17, 15) is 32.1 Å². The zero-order chi connectivity index (χ0) is 23.3. The predicted molar refractivity (Wildman–Crippen MR) is 104 cm³/mol. The minimum atomic E-state index is -5.20. The average molecular weight is 520 g/mol. The number of nitrogens with one attached hydrogen (secondary N) is 2. The van der Waals surface area contributed by atoms with Gasteiger partial charge in [-0.3, -0.25) is 19.2 Å². The summed E-state index contributed by atoms with van der Waals surface area (Å²) in [7, 11) is -4.06. The fraction of sp³-hybridized carbons (Fsp3) is 0.429. The van der Waals surface area contributed by atoms with Gasteiger partial charge in [0, 0.05) is 12.3 Å². The molecule has 18 heteroatoms. The minimum Gasteiger partial charge on any atom is -0.731 e. The molecule has 1 aliphatic heterocycles. The van der Waals surface area contributed by atoms with Gasteiger partial charge in [-0.15, -0.1) is 22.9 Å². The molecule has 2 N–H and O–H groups in total. The Morgan fingerprint density at radius 3 is 2.59 bits per heavy atom. The summed E-state index contributed by atoms with van der Waals surface area (Å²) in [4.78, 5) is 55.7. The number of ether oxygens (including phenoxy) is 1. The molecular weight excluding hydrogens is 505 g/mol. The second-order valence-electron chi connectivity index (χ2n) is 5.76. The Morgan fingerprint density at radius 2 is 2.06 bits per heavy atom. The quantitative estimate of drug-likeness (QED) is 0.0609. The number of β-lactam (4-membered cyclic amide) rings is 1. The van der Waals surface area contributed by atoms with E-state index in [0.29, 0.717) is 0 Å². The molecule has 0 bridgehead atoms. The number of esters is 1. The van der Waals surface area contributed by atoms with E-state index in [4.69, 9.17) is 11.6 Å². The molecule has 2 rings (SSSR count). The van der Waals surface area contributed by atoms with Gasteiger partial charge in [0.2, 0.25) is 5.91 Å². The number of amides is 3. The van der Waals surface area contributed by atoms with Crippen molar-refractivity contribution < 1.29 is 71.3 Å². The monoisotopic (exact) mass is 519 g/mol. The fourth-order valence-corrected chi connectivity index (χ4v) is 4.04. The topological polar surface area (TPSA) is 196 Å². The molecule has 0 radical (unpaired) electrons. The van der Waals surface area contributed by atoms with E-state index in [-0.39, 0.29) is 50.6 Å². The van der Waals surface area contributed by atoms with Crippen LogP contribution in [0.5, 0.6) is 0 Å². The van der Waals surface area contributed by atoms with Crippen LogP contribution < -0.4 is 40.2 Å². The van der Waals surface area contributed by atoms with Crippen LogP contribution in [0.2, 0.25) is 0 Å². The molecule has 1 aromatic rings. The van der Waals surface area contributed by atoms with Gasteiger partial charge in [0.1, 0.15) is 37.4 Å². The molecule has 14 nitrogen and oxygen atoms in total. The number of nitrogens with zero attached hydrogens (tertiary/aromatic N) is 3. The van der Waals surface area contributed by atoms with E-state index < -0.39 is 58.4 Å². The third-order valence-electron chi connectivity index (χ3n) is 3.67. The second kappa shape index (κ2) is 11.9. The van der Waals surface area contributed by atoms with Crippen molar-refractivity contribution in [2.75, 3.05) is 24.9 Å². The summed E-state index contributed by atoms with van der Waals surface area (Å²) < 4.78 is 38.5. The molecule has 3 amide bonds. The number of hydrogen-bond acceptors (Lipinski definition) is 12. The van der Waals surface area contributed by atoms with Gasteiger partial charge in [-0.05, 0) is 0 Å². The Labute approximate surface area is 212 Å². The molecular formula is C14H15ClN5NaO9S2. The third-order valence-corrected chi connectivity index (χ3v) is 5.60. The Kier molecular flexibility index (Phi) is 10.5. The summed E-state index contributed by atoms with van der Waals surface area (Å²) in [6.45, 7) is 0.395. The first kappa shape index (κ1) is 28.2. The van der Waals surface area contributed by atoms with E-state index in [0.717, 1.165) is 25.4 Å². The molecule has 170 valence electrons. The first-order valence-electron chi connectivity index (χ1n) is 8.15. The summed E-state index contributed by atoms with van der Waals surface area (Å²) >= 11 is 6.34. The Balaban J connectivity index is 0.00000512. The molecule has 0 spiro atoms. The second-order valence-corrected chi connectivity index (χ2v) is 8.13. The van der Waals surface area contributed by atoms with Crippen LogP contribution in [0.3, 0.4) is 0 Å². The largest absolute Gasteiger partial charge is 1.00 e. The molecule has 2 heterocycles. The fourth-order valence-electron chi connectivity index (χ4n) is 2.42. The number of halogens is 1. The van der Waals surface area contributed by atoms with Crippen molar-refractivity contribution in [3.63, 3.8) is 0 Å². The SMILES string of the molecule is CON=C(C(=O)N[C@H]1C(=O)N(S(=O)(=O)[O-])[C@H]1COC(C)=O)c1csc(NC(=O)CCl)n1.[Na+]. The van der Waals surface area contributed by atoms with Gasteiger partial charge in [0.25, 0.3) is 11.8 Å². The van der Waals surface area contributed by atoms with Crippen molar-refractivity contribution in [2.45, 2.75) is 19.0 Å². The van der Waals surface area contributed by atoms with Gasteiger partial charge in [0.05, 0.1) is 0 Å². The zero-order valence-electron chi connectivity index (χ0n) is 16.9. The van der Waals surface area contributed by atoms with Crippen molar-refractivity contribution in [3.05, 3.63) is 11.1 Å².